The fourth-order valence-electron chi connectivity index (χ4n) is 2.76. The van der Waals surface area contributed by atoms with Crippen LogP contribution in [0.15, 0.2) is 24.3 Å². The van der Waals surface area contributed by atoms with Crippen LogP contribution in [-0.4, -0.2) is 19.1 Å². The number of amides is 1. The molecule has 0 unspecified atom stereocenters. The van der Waals surface area contributed by atoms with Gasteiger partial charge < -0.3 is 15.8 Å². The second-order valence-electron chi connectivity index (χ2n) is 5.85. The molecule has 3 rings (SSSR count). The molecule has 0 bridgehead atoms. The minimum absolute atomic E-state index is 0. The van der Waals surface area contributed by atoms with Crippen LogP contribution in [0, 0.1) is 17.8 Å². The zero-order chi connectivity index (χ0) is 13.9. The van der Waals surface area contributed by atoms with Gasteiger partial charge in [-0.1, -0.05) is 0 Å². The molecule has 5 heteroatoms. The molecule has 1 amide bonds. The molecule has 2 aliphatic rings. The van der Waals surface area contributed by atoms with Gasteiger partial charge in [-0.3, -0.25) is 4.79 Å². The fourth-order valence-corrected chi connectivity index (χ4v) is 2.76. The lowest BCUT2D eigenvalue weighted by Crippen LogP contribution is -2.26. The summed E-state index contributed by atoms with van der Waals surface area (Å²) in [5.74, 6) is 2.49. The molecule has 0 spiro atoms. The second kappa shape index (κ2) is 7.14. The van der Waals surface area contributed by atoms with Gasteiger partial charge in [0.05, 0.1) is 0 Å². The van der Waals surface area contributed by atoms with E-state index in [4.69, 9.17) is 10.5 Å². The molecule has 0 radical (unpaired) electrons. The number of carbonyl (C=O) groups is 1. The van der Waals surface area contributed by atoms with Gasteiger partial charge in [-0.15, -0.1) is 12.4 Å². The van der Waals surface area contributed by atoms with Gasteiger partial charge in [-0.2, -0.15) is 0 Å². The van der Waals surface area contributed by atoms with E-state index in [9.17, 15) is 4.79 Å². The first kappa shape index (κ1) is 16.1. The molecule has 0 atom stereocenters. The van der Waals surface area contributed by atoms with Crippen LogP contribution in [0.4, 0.5) is 5.69 Å². The number of halogens is 1. The molecular formula is C16H23ClN2O2. The van der Waals surface area contributed by atoms with Crippen molar-refractivity contribution in [2.45, 2.75) is 25.7 Å². The topological polar surface area (TPSA) is 64.3 Å². The van der Waals surface area contributed by atoms with Gasteiger partial charge in [0.1, 0.15) is 12.4 Å². The molecule has 0 aromatic heterocycles. The molecule has 3 N–H and O–H groups in total. The van der Waals surface area contributed by atoms with Crippen molar-refractivity contribution in [3.63, 3.8) is 0 Å². The van der Waals surface area contributed by atoms with Crippen LogP contribution >= 0.6 is 12.4 Å². The summed E-state index contributed by atoms with van der Waals surface area (Å²) in [5.41, 5.74) is 6.24. The number of hydrogen-bond donors (Lipinski definition) is 2. The average molecular weight is 311 g/mol. The highest BCUT2D eigenvalue weighted by Gasteiger charge is 2.45. The second-order valence-corrected chi connectivity index (χ2v) is 5.85. The summed E-state index contributed by atoms with van der Waals surface area (Å²) in [6.45, 7) is 1.01. The Labute approximate surface area is 131 Å². The summed E-state index contributed by atoms with van der Waals surface area (Å²) in [7, 11) is 0. The van der Waals surface area contributed by atoms with Crippen molar-refractivity contribution < 1.29 is 9.53 Å². The number of nitrogens with one attached hydrogen (secondary N) is 1. The summed E-state index contributed by atoms with van der Waals surface area (Å²) in [6.07, 6.45) is 4.89. The molecule has 4 nitrogen and oxygen atoms in total. The number of rotatable bonds is 7. The standard InChI is InChI=1S/C16H22N2O2.ClH/c17-9-10-20-14-7-5-13(6-8-14)18-16(19)15(11-1-2-11)12-3-4-12;/h5-8,11-12,15H,1-4,9-10,17H2,(H,18,19);1H. The first-order chi connectivity index (χ1) is 9.78. The Hall–Kier alpha value is -1.26. The normalized spacial score (nSPS) is 17.2. The molecule has 1 aromatic carbocycles. The Balaban J connectivity index is 0.00000161. The Morgan fingerprint density at radius 1 is 1.19 bits per heavy atom. The Kier molecular flexibility index (Phi) is 5.48. The SMILES string of the molecule is Cl.NCCOc1ccc(NC(=O)C(C2CC2)C2CC2)cc1. The molecule has 0 heterocycles. The first-order valence-corrected chi connectivity index (χ1v) is 7.51. The largest absolute Gasteiger partial charge is 0.492 e. The molecule has 1 aromatic rings. The number of hydrogen-bond acceptors (Lipinski definition) is 3. The van der Waals surface area contributed by atoms with Crippen molar-refractivity contribution in [2.75, 3.05) is 18.5 Å². The van der Waals surface area contributed by atoms with Crippen LogP contribution in [0.2, 0.25) is 0 Å². The third-order valence-corrected chi connectivity index (χ3v) is 4.07. The highest BCUT2D eigenvalue weighted by molar-refractivity contribution is 5.93. The smallest absolute Gasteiger partial charge is 0.228 e. The van der Waals surface area contributed by atoms with Gasteiger partial charge in [0, 0.05) is 18.2 Å². The van der Waals surface area contributed by atoms with E-state index < -0.39 is 0 Å². The van der Waals surface area contributed by atoms with Gasteiger partial charge in [-0.05, 0) is 61.8 Å². The molecular weight excluding hydrogens is 288 g/mol. The predicted octanol–water partition coefficient (Wildman–Crippen LogP) is 2.82. The van der Waals surface area contributed by atoms with Gasteiger partial charge in [0.15, 0.2) is 0 Å². The van der Waals surface area contributed by atoms with Crippen LogP contribution < -0.4 is 15.8 Å². The zero-order valence-electron chi connectivity index (χ0n) is 12.1. The third-order valence-electron chi connectivity index (χ3n) is 4.07. The fraction of sp³-hybridized carbons (Fsp3) is 0.562. The van der Waals surface area contributed by atoms with Crippen LogP contribution in [0.25, 0.3) is 0 Å². The molecule has 21 heavy (non-hydrogen) atoms. The summed E-state index contributed by atoms with van der Waals surface area (Å²) in [5, 5.41) is 3.05. The molecule has 0 saturated heterocycles. The number of ether oxygens (including phenoxy) is 1. The number of anilines is 1. The van der Waals surface area contributed by atoms with E-state index in [1.54, 1.807) is 0 Å². The quantitative estimate of drug-likeness (QED) is 0.814. The van der Waals surface area contributed by atoms with E-state index in [1.807, 2.05) is 24.3 Å². The average Bonchev–Trinajstić information content (AvgIpc) is 3.33. The monoisotopic (exact) mass is 310 g/mol. The molecule has 2 aliphatic carbocycles. The Morgan fingerprint density at radius 3 is 2.24 bits per heavy atom. The van der Waals surface area contributed by atoms with Gasteiger partial charge in [0.25, 0.3) is 0 Å². The number of carbonyl (C=O) groups excluding carboxylic acids is 1. The van der Waals surface area contributed by atoms with Crippen LogP contribution in [0.5, 0.6) is 5.75 Å². The van der Waals surface area contributed by atoms with Crippen LogP contribution in [-0.2, 0) is 4.79 Å². The maximum Gasteiger partial charge on any atom is 0.228 e. The molecule has 2 fully saturated rings. The minimum Gasteiger partial charge on any atom is -0.492 e. The van der Waals surface area contributed by atoms with Crippen molar-refractivity contribution in [3.05, 3.63) is 24.3 Å². The lowest BCUT2D eigenvalue weighted by Gasteiger charge is -2.15. The Morgan fingerprint density at radius 2 is 1.76 bits per heavy atom. The van der Waals surface area contributed by atoms with Crippen molar-refractivity contribution in [3.8, 4) is 5.75 Å². The minimum atomic E-state index is 0. The lowest BCUT2D eigenvalue weighted by atomic mass is 9.97. The maximum absolute atomic E-state index is 12.4. The van der Waals surface area contributed by atoms with Gasteiger partial charge >= 0.3 is 0 Å². The van der Waals surface area contributed by atoms with Crippen molar-refractivity contribution >= 4 is 24.0 Å². The van der Waals surface area contributed by atoms with E-state index in [0.29, 0.717) is 25.0 Å². The lowest BCUT2D eigenvalue weighted by molar-refractivity contribution is -0.121. The number of benzene rings is 1. The first-order valence-electron chi connectivity index (χ1n) is 7.51. The third kappa shape index (κ3) is 4.35. The summed E-state index contributed by atoms with van der Waals surface area (Å²) >= 11 is 0. The molecule has 2 saturated carbocycles. The van der Waals surface area contributed by atoms with E-state index in [-0.39, 0.29) is 24.2 Å². The van der Waals surface area contributed by atoms with E-state index in [2.05, 4.69) is 5.32 Å². The summed E-state index contributed by atoms with van der Waals surface area (Å²) in [6, 6.07) is 7.52. The van der Waals surface area contributed by atoms with E-state index in [0.717, 1.165) is 11.4 Å². The zero-order valence-corrected chi connectivity index (χ0v) is 12.9. The van der Waals surface area contributed by atoms with Crippen LogP contribution in [0.3, 0.4) is 0 Å². The highest BCUT2D eigenvalue weighted by Crippen LogP contribution is 2.49. The summed E-state index contributed by atoms with van der Waals surface area (Å²) < 4.78 is 5.42. The van der Waals surface area contributed by atoms with Crippen molar-refractivity contribution in [1.29, 1.82) is 0 Å². The van der Waals surface area contributed by atoms with Gasteiger partial charge in [-0.25, -0.2) is 0 Å². The van der Waals surface area contributed by atoms with Gasteiger partial charge in [0.2, 0.25) is 5.91 Å². The Bertz CT molecular complexity index is 458. The van der Waals surface area contributed by atoms with E-state index >= 15 is 0 Å². The van der Waals surface area contributed by atoms with E-state index in [1.165, 1.54) is 25.7 Å². The van der Waals surface area contributed by atoms with Crippen LogP contribution in [0.1, 0.15) is 25.7 Å². The highest BCUT2D eigenvalue weighted by atomic mass is 35.5. The maximum atomic E-state index is 12.4. The summed E-state index contributed by atoms with van der Waals surface area (Å²) in [4.78, 5) is 12.4. The molecule has 0 aliphatic heterocycles. The van der Waals surface area contributed by atoms with Crippen molar-refractivity contribution in [2.24, 2.45) is 23.5 Å². The predicted molar refractivity (Wildman–Crippen MR) is 85.8 cm³/mol. The molecule has 116 valence electrons. The number of nitrogens with two attached hydrogens (primary N) is 1. The van der Waals surface area contributed by atoms with Crippen molar-refractivity contribution in [1.82, 2.24) is 0 Å².